The quantitative estimate of drug-likeness (QED) is 0.783. The monoisotopic (exact) mass is 341 g/mol. The van der Waals surface area contributed by atoms with Crippen LogP contribution in [0.2, 0.25) is 0 Å². The van der Waals surface area contributed by atoms with E-state index in [4.69, 9.17) is 0 Å². The molecule has 122 valence electrons. The SMILES string of the molecule is COC(=O)CN(c1ccc(F)cc1F)S(=O)(=O)c1ccccc1. The average molecular weight is 341 g/mol. The van der Waals surface area contributed by atoms with Crippen molar-refractivity contribution in [2.24, 2.45) is 0 Å². The second-order valence-electron chi connectivity index (χ2n) is 4.50. The van der Waals surface area contributed by atoms with E-state index in [1.54, 1.807) is 6.07 Å². The summed E-state index contributed by atoms with van der Waals surface area (Å²) in [4.78, 5) is 11.4. The summed E-state index contributed by atoms with van der Waals surface area (Å²) in [5, 5.41) is 0. The predicted molar refractivity (Wildman–Crippen MR) is 79.3 cm³/mol. The van der Waals surface area contributed by atoms with Crippen LogP contribution in [0.3, 0.4) is 0 Å². The van der Waals surface area contributed by atoms with Crippen molar-refractivity contribution in [1.82, 2.24) is 0 Å². The molecule has 0 aliphatic rings. The number of hydrogen-bond acceptors (Lipinski definition) is 4. The van der Waals surface area contributed by atoms with Crippen molar-refractivity contribution in [2.45, 2.75) is 4.90 Å². The van der Waals surface area contributed by atoms with Gasteiger partial charge in [0.1, 0.15) is 18.2 Å². The largest absolute Gasteiger partial charge is 0.468 e. The molecular weight excluding hydrogens is 328 g/mol. The lowest BCUT2D eigenvalue weighted by molar-refractivity contribution is -0.138. The third-order valence-electron chi connectivity index (χ3n) is 3.01. The van der Waals surface area contributed by atoms with E-state index in [0.29, 0.717) is 10.4 Å². The van der Waals surface area contributed by atoms with Gasteiger partial charge in [0, 0.05) is 6.07 Å². The van der Waals surface area contributed by atoms with E-state index in [1.165, 1.54) is 24.3 Å². The van der Waals surface area contributed by atoms with Gasteiger partial charge in [-0.3, -0.25) is 9.10 Å². The highest BCUT2D eigenvalue weighted by molar-refractivity contribution is 7.92. The van der Waals surface area contributed by atoms with Gasteiger partial charge in [0.2, 0.25) is 0 Å². The molecule has 0 aliphatic carbocycles. The number of methoxy groups -OCH3 is 1. The zero-order valence-electron chi connectivity index (χ0n) is 12.1. The molecule has 8 heteroatoms. The fourth-order valence-corrected chi connectivity index (χ4v) is 3.32. The predicted octanol–water partition coefficient (Wildman–Crippen LogP) is 2.33. The normalized spacial score (nSPS) is 11.1. The number of rotatable bonds is 5. The Morgan fingerprint density at radius 1 is 1.13 bits per heavy atom. The molecule has 0 atom stereocenters. The van der Waals surface area contributed by atoms with Gasteiger partial charge in [-0.15, -0.1) is 0 Å². The lowest BCUT2D eigenvalue weighted by Gasteiger charge is -2.23. The maximum atomic E-state index is 14.0. The molecule has 2 aromatic rings. The molecule has 0 N–H and O–H groups in total. The van der Waals surface area contributed by atoms with Crippen molar-refractivity contribution < 1.29 is 26.7 Å². The lowest BCUT2D eigenvalue weighted by Crippen LogP contribution is -2.37. The van der Waals surface area contributed by atoms with E-state index in [2.05, 4.69) is 4.74 Å². The first-order valence-corrected chi connectivity index (χ1v) is 7.90. The fourth-order valence-electron chi connectivity index (χ4n) is 1.88. The Morgan fingerprint density at radius 3 is 2.35 bits per heavy atom. The van der Waals surface area contributed by atoms with Crippen molar-refractivity contribution in [3.05, 3.63) is 60.2 Å². The summed E-state index contributed by atoms with van der Waals surface area (Å²) >= 11 is 0. The molecule has 0 fully saturated rings. The van der Waals surface area contributed by atoms with Gasteiger partial charge in [-0.05, 0) is 24.3 Å². The molecule has 0 aromatic heterocycles. The molecule has 0 saturated carbocycles. The van der Waals surface area contributed by atoms with Crippen molar-refractivity contribution >= 4 is 21.7 Å². The summed E-state index contributed by atoms with van der Waals surface area (Å²) < 4.78 is 57.4. The Morgan fingerprint density at radius 2 is 1.78 bits per heavy atom. The van der Waals surface area contributed by atoms with Crippen LogP contribution >= 0.6 is 0 Å². The van der Waals surface area contributed by atoms with Gasteiger partial charge in [0.15, 0.2) is 0 Å². The highest BCUT2D eigenvalue weighted by atomic mass is 32.2. The second-order valence-corrected chi connectivity index (χ2v) is 6.36. The fraction of sp³-hybridized carbons (Fsp3) is 0.133. The number of sulfonamides is 1. The van der Waals surface area contributed by atoms with Crippen LogP contribution in [-0.4, -0.2) is 28.0 Å². The van der Waals surface area contributed by atoms with Crippen LogP contribution in [0.1, 0.15) is 0 Å². The number of ether oxygens (including phenoxy) is 1. The maximum Gasteiger partial charge on any atom is 0.326 e. The van der Waals surface area contributed by atoms with Crippen LogP contribution in [0.5, 0.6) is 0 Å². The molecule has 0 aliphatic heterocycles. The van der Waals surface area contributed by atoms with Crippen LogP contribution < -0.4 is 4.31 Å². The first-order valence-electron chi connectivity index (χ1n) is 6.46. The number of carbonyl (C=O) groups excluding carboxylic acids is 1. The summed E-state index contributed by atoms with van der Waals surface area (Å²) in [7, 11) is -3.14. The van der Waals surface area contributed by atoms with Gasteiger partial charge < -0.3 is 4.74 Å². The first kappa shape index (κ1) is 16.9. The van der Waals surface area contributed by atoms with Crippen molar-refractivity contribution in [3.8, 4) is 0 Å². The van der Waals surface area contributed by atoms with E-state index in [0.717, 1.165) is 19.2 Å². The van der Waals surface area contributed by atoms with Crippen molar-refractivity contribution in [3.63, 3.8) is 0 Å². The minimum Gasteiger partial charge on any atom is -0.468 e. The van der Waals surface area contributed by atoms with Gasteiger partial charge in [-0.1, -0.05) is 18.2 Å². The molecule has 2 aromatic carbocycles. The lowest BCUT2D eigenvalue weighted by atomic mass is 10.3. The van der Waals surface area contributed by atoms with Gasteiger partial charge in [-0.25, -0.2) is 17.2 Å². The topological polar surface area (TPSA) is 63.7 Å². The number of anilines is 1. The van der Waals surface area contributed by atoms with Gasteiger partial charge in [0.25, 0.3) is 10.0 Å². The molecule has 0 spiro atoms. The van der Waals surface area contributed by atoms with Crippen LogP contribution in [-0.2, 0) is 19.6 Å². The molecule has 0 heterocycles. The highest BCUT2D eigenvalue weighted by Gasteiger charge is 2.29. The molecule has 0 radical (unpaired) electrons. The van der Waals surface area contributed by atoms with Crippen LogP contribution in [0, 0.1) is 11.6 Å². The number of hydrogen-bond donors (Lipinski definition) is 0. The third-order valence-corrected chi connectivity index (χ3v) is 4.78. The van der Waals surface area contributed by atoms with Gasteiger partial charge in [-0.2, -0.15) is 0 Å². The minimum atomic E-state index is -4.22. The Labute approximate surface area is 132 Å². The van der Waals surface area contributed by atoms with Crippen LogP contribution in [0.15, 0.2) is 53.4 Å². The smallest absolute Gasteiger partial charge is 0.326 e. The number of benzene rings is 2. The first-order chi connectivity index (χ1) is 10.9. The zero-order valence-corrected chi connectivity index (χ0v) is 12.9. The summed E-state index contributed by atoms with van der Waals surface area (Å²) in [6, 6.07) is 9.61. The van der Waals surface area contributed by atoms with Gasteiger partial charge in [0.05, 0.1) is 17.7 Å². The summed E-state index contributed by atoms with van der Waals surface area (Å²) in [5.74, 6) is -2.84. The standard InChI is InChI=1S/C15H13F2NO4S/c1-22-15(19)10-18(14-8-7-11(16)9-13(14)17)23(20,21)12-5-3-2-4-6-12/h2-9H,10H2,1H3. The molecular formula is C15H13F2NO4S. The Hall–Kier alpha value is -2.48. The molecule has 0 bridgehead atoms. The summed E-state index contributed by atoms with van der Waals surface area (Å²) in [5.41, 5.74) is -0.444. The average Bonchev–Trinajstić information content (AvgIpc) is 2.53. The van der Waals surface area contributed by atoms with Crippen molar-refractivity contribution in [2.75, 3.05) is 18.0 Å². The molecule has 23 heavy (non-hydrogen) atoms. The summed E-state index contributed by atoms with van der Waals surface area (Å²) in [6.45, 7) is -0.740. The molecule has 5 nitrogen and oxygen atoms in total. The van der Waals surface area contributed by atoms with E-state index < -0.39 is 39.9 Å². The zero-order chi connectivity index (χ0) is 17.0. The highest BCUT2D eigenvalue weighted by Crippen LogP contribution is 2.26. The van der Waals surface area contributed by atoms with Crippen LogP contribution in [0.4, 0.5) is 14.5 Å². The Balaban J connectivity index is 2.56. The molecule has 2 rings (SSSR count). The number of halogens is 2. The van der Waals surface area contributed by atoms with E-state index in [-0.39, 0.29) is 4.90 Å². The second kappa shape index (κ2) is 6.74. The van der Waals surface area contributed by atoms with E-state index in [9.17, 15) is 22.0 Å². The number of nitrogens with zero attached hydrogens (tertiary/aromatic N) is 1. The molecule has 0 unspecified atom stereocenters. The molecule has 0 saturated heterocycles. The minimum absolute atomic E-state index is 0.132. The van der Waals surface area contributed by atoms with E-state index in [1.807, 2.05) is 0 Å². The van der Waals surface area contributed by atoms with Gasteiger partial charge >= 0.3 is 5.97 Å². The maximum absolute atomic E-state index is 14.0. The third kappa shape index (κ3) is 3.65. The number of carbonyl (C=O) groups is 1. The Bertz CT molecular complexity index is 809. The summed E-state index contributed by atoms with van der Waals surface area (Å²) in [6.07, 6.45) is 0. The number of esters is 1. The van der Waals surface area contributed by atoms with Crippen molar-refractivity contribution in [1.29, 1.82) is 0 Å². The van der Waals surface area contributed by atoms with Crippen LogP contribution in [0.25, 0.3) is 0 Å². The van der Waals surface area contributed by atoms with E-state index >= 15 is 0 Å². The Kier molecular flexibility index (Phi) is 4.95. The molecule has 0 amide bonds.